The molecule has 2 atom stereocenters. The average molecular weight is 441 g/mol. The average Bonchev–Trinajstić information content (AvgIpc) is 3.38. The highest BCUT2D eigenvalue weighted by atomic mass is 16.5. The zero-order valence-electron chi connectivity index (χ0n) is 19.3. The van der Waals surface area contributed by atoms with Gasteiger partial charge in [0.1, 0.15) is 29.0 Å². The number of hydrogen-bond acceptors (Lipinski definition) is 7. The molecule has 3 aromatic heterocycles. The van der Waals surface area contributed by atoms with Gasteiger partial charge >= 0.3 is 0 Å². The summed E-state index contributed by atoms with van der Waals surface area (Å²) in [5, 5.41) is 20.6. The predicted molar refractivity (Wildman–Crippen MR) is 121 cm³/mol. The summed E-state index contributed by atoms with van der Waals surface area (Å²) in [6, 6.07) is 4.16. The standard InChI is InChI=1S/C23H32N6O3/c1-15-14-31-12-10-28(15)18-13-16(23(2,3)30)22-21(24-18)20(26-27(22)4)17-8-9-29(25-17)19-7-5-6-11-32-19/h8-9,13,15,19,30H,5-7,10-12,14H2,1-4H3/t15-,19?/m1/s1. The van der Waals surface area contributed by atoms with Crippen LogP contribution in [-0.2, 0) is 22.1 Å². The largest absolute Gasteiger partial charge is 0.386 e. The first-order valence-electron chi connectivity index (χ1n) is 11.4. The molecule has 2 fully saturated rings. The summed E-state index contributed by atoms with van der Waals surface area (Å²) in [7, 11) is 1.89. The lowest BCUT2D eigenvalue weighted by atomic mass is 9.97. The van der Waals surface area contributed by atoms with Crippen molar-refractivity contribution in [3.05, 3.63) is 23.9 Å². The lowest BCUT2D eigenvalue weighted by Gasteiger charge is -2.35. The molecule has 0 spiro atoms. The number of aromatic nitrogens is 5. The molecule has 2 saturated heterocycles. The fraction of sp³-hybridized carbons (Fsp3) is 0.609. The van der Waals surface area contributed by atoms with Gasteiger partial charge < -0.3 is 19.5 Å². The van der Waals surface area contributed by atoms with Crippen LogP contribution in [0.3, 0.4) is 0 Å². The number of fused-ring (bicyclic) bond motifs is 1. The molecule has 5 rings (SSSR count). The first-order chi connectivity index (χ1) is 15.3. The number of anilines is 1. The van der Waals surface area contributed by atoms with Gasteiger partial charge in [-0.25, -0.2) is 9.67 Å². The summed E-state index contributed by atoms with van der Waals surface area (Å²) in [5.74, 6) is 0.828. The van der Waals surface area contributed by atoms with Gasteiger partial charge in [-0.05, 0) is 52.2 Å². The second-order valence-corrected chi connectivity index (χ2v) is 9.38. The van der Waals surface area contributed by atoms with Crippen LogP contribution in [0.5, 0.6) is 0 Å². The summed E-state index contributed by atoms with van der Waals surface area (Å²) in [6.45, 7) is 8.58. The number of aryl methyl sites for hydroxylation is 1. The normalized spacial score (nSPS) is 22.6. The van der Waals surface area contributed by atoms with Gasteiger partial charge in [-0.2, -0.15) is 10.2 Å². The van der Waals surface area contributed by atoms with Crippen molar-refractivity contribution < 1.29 is 14.6 Å². The Kier molecular flexibility index (Phi) is 5.43. The Morgan fingerprint density at radius 2 is 2.03 bits per heavy atom. The SMILES string of the molecule is C[C@@H]1COCCN1c1cc(C(C)(C)O)c2c(n1)c(-c1ccn(C3CCCCO3)n1)nn2C. The van der Waals surface area contributed by atoms with Gasteiger partial charge in [-0.3, -0.25) is 4.68 Å². The molecular formula is C23H32N6O3. The summed E-state index contributed by atoms with van der Waals surface area (Å²) >= 11 is 0. The van der Waals surface area contributed by atoms with Crippen molar-refractivity contribution in [3.63, 3.8) is 0 Å². The maximum Gasteiger partial charge on any atom is 0.150 e. The molecule has 0 aromatic carbocycles. The van der Waals surface area contributed by atoms with E-state index in [1.807, 2.05) is 30.1 Å². The van der Waals surface area contributed by atoms with E-state index in [0.29, 0.717) is 18.9 Å². The summed E-state index contributed by atoms with van der Waals surface area (Å²) in [5.41, 5.74) is 2.78. The number of rotatable bonds is 4. The van der Waals surface area contributed by atoms with E-state index in [1.54, 1.807) is 18.5 Å². The number of hydrogen-bond donors (Lipinski definition) is 1. The van der Waals surface area contributed by atoms with Crippen LogP contribution in [0.4, 0.5) is 5.82 Å². The van der Waals surface area contributed by atoms with Crippen molar-refractivity contribution in [3.8, 4) is 11.4 Å². The molecule has 0 saturated carbocycles. The van der Waals surface area contributed by atoms with Gasteiger partial charge in [-0.1, -0.05) is 0 Å². The molecule has 9 heteroatoms. The Morgan fingerprint density at radius 3 is 2.75 bits per heavy atom. The van der Waals surface area contributed by atoms with Crippen LogP contribution >= 0.6 is 0 Å². The topological polar surface area (TPSA) is 90.5 Å². The van der Waals surface area contributed by atoms with Crippen molar-refractivity contribution in [2.75, 3.05) is 31.3 Å². The van der Waals surface area contributed by atoms with Gasteiger partial charge in [0, 0.05) is 32.0 Å². The summed E-state index contributed by atoms with van der Waals surface area (Å²) in [6.07, 6.45) is 5.13. The third kappa shape index (κ3) is 3.78. The zero-order chi connectivity index (χ0) is 22.5. The van der Waals surface area contributed by atoms with E-state index in [0.717, 1.165) is 60.5 Å². The van der Waals surface area contributed by atoms with Crippen molar-refractivity contribution in [1.29, 1.82) is 0 Å². The number of nitrogens with zero attached hydrogens (tertiary/aromatic N) is 6. The first kappa shape index (κ1) is 21.4. The monoisotopic (exact) mass is 440 g/mol. The summed E-state index contributed by atoms with van der Waals surface area (Å²) in [4.78, 5) is 7.28. The molecule has 1 unspecified atom stereocenters. The van der Waals surface area contributed by atoms with Crippen LogP contribution < -0.4 is 4.90 Å². The molecule has 0 amide bonds. The Balaban J connectivity index is 1.64. The number of pyridine rings is 1. The number of aliphatic hydroxyl groups is 1. The lowest BCUT2D eigenvalue weighted by molar-refractivity contribution is -0.0393. The Morgan fingerprint density at radius 1 is 1.19 bits per heavy atom. The Bertz CT molecular complexity index is 1110. The third-order valence-electron chi connectivity index (χ3n) is 6.40. The van der Waals surface area contributed by atoms with E-state index in [2.05, 4.69) is 11.8 Å². The number of morpholine rings is 1. The van der Waals surface area contributed by atoms with Gasteiger partial charge in [0.25, 0.3) is 0 Å². The molecular weight excluding hydrogens is 408 g/mol. The van der Waals surface area contributed by atoms with Crippen LogP contribution in [0.25, 0.3) is 22.4 Å². The summed E-state index contributed by atoms with van der Waals surface area (Å²) < 4.78 is 15.2. The first-order valence-corrected chi connectivity index (χ1v) is 11.4. The highest BCUT2D eigenvalue weighted by Gasteiger charge is 2.29. The lowest BCUT2D eigenvalue weighted by Crippen LogP contribution is -2.44. The Hall–Kier alpha value is -2.49. The quantitative estimate of drug-likeness (QED) is 0.667. The number of ether oxygens (including phenoxy) is 2. The Labute approximate surface area is 187 Å². The van der Waals surface area contributed by atoms with Crippen LogP contribution in [0.2, 0.25) is 0 Å². The van der Waals surface area contributed by atoms with Crippen LogP contribution in [0.1, 0.15) is 51.8 Å². The molecule has 3 aromatic rings. The smallest absolute Gasteiger partial charge is 0.150 e. The van der Waals surface area contributed by atoms with Crippen molar-refractivity contribution >= 4 is 16.9 Å². The van der Waals surface area contributed by atoms with E-state index < -0.39 is 5.60 Å². The predicted octanol–water partition coefficient (Wildman–Crippen LogP) is 2.98. The fourth-order valence-electron chi connectivity index (χ4n) is 4.68. The van der Waals surface area contributed by atoms with Crippen LogP contribution in [-0.4, -0.2) is 62.1 Å². The van der Waals surface area contributed by atoms with E-state index >= 15 is 0 Å². The molecule has 172 valence electrons. The second kappa shape index (κ2) is 8.13. The van der Waals surface area contributed by atoms with Gasteiger partial charge in [0.2, 0.25) is 0 Å². The molecule has 0 bridgehead atoms. The third-order valence-corrected chi connectivity index (χ3v) is 6.40. The molecule has 9 nitrogen and oxygen atoms in total. The van der Waals surface area contributed by atoms with Gasteiger partial charge in [0.15, 0.2) is 0 Å². The van der Waals surface area contributed by atoms with E-state index in [-0.39, 0.29) is 12.3 Å². The van der Waals surface area contributed by atoms with Crippen molar-refractivity contribution in [1.82, 2.24) is 24.5 Å². The van der Waals surface area contributed by atoms with Crippen LogP contribution in [0.15, 0.2) is 18.3 Å². The van der Waals surface area contributed by atoms with Crippen LogP contribution in [0, 0.1) is 0 Å². The molecule has 2 aliphatic rings. The fourth-order valence-corrected chi connectivity index (χ4v) is 4.68. The van der Waals surface area contributed by atoms with Gasteiger partial charge in [-0.15, -0.1) is 0 Å². The molecule has 1 N–H and O–H groups in total. The minimum absolute atomic E-state index is 0.0304. The molecule has 0 aliphatic carbocycles. The van der Waals surface area contributed by atoms with E-state index in [9.17, 15) is 5.11 Å². The van der Waals surface area contributed by atoms with Gasteiger partial charge in [0.05, 0.1) is 30.4 Å². The maximum atomic E-state index is 11.0. The highest BCUT2D eigenvalue weighted by molar-refractivity contribution is 5.92. The maximum absolute atomic E-state index is 11.0. The van der Waals surface area contributed by atoms with Crippen molar-refractivity contribution in [2.24, 2.45) is 7.05 Å². The van der Waals surface area contributed by atoms with E-state index in [4.69, 9.17) is 24.7 Å². The molecule has 0 radical (unpaired) electrons. The highest BCUT2D eigenvalue weighted by Crippen LogP contribution is 2.36. The molecule has 5 heterocycles. The minimum atomic E-state index is -1.05. The molecule has 32 heavy (non-hydrogen) atoms. The van der Waals surface area contributed by atoms with Crippen molar-refractivity contribution in [2.45, 2.75) is 57.9 Å². The zero-order valence-corrected chi connectivity index (χ0v) is 19.3. The van der Waals surface area contributed by atoms with E-state index in [1.165, 1.54) is 0 Å². The molecule has 2 aliphatic heterocycles. The second-order valence-electron chi connectivity index (χ2n) is 9.38. The minimum Gasteiger partial charge on any atom is -0.386 e.